The number of fused-ring (bicyclic) bond motifs is 1. The smallest absolute Gasteiger partial charge is 0.116 e. The van der Waals surface area contributed by atoms with Gasteiger partial charge in [0.2, 0.25) is 0 Å². The summed E-state index contributed by atoms with van der Waals surface area (Å²) in [7, 11) is 0. The predicted octanol–water partition coefficient (Wildman–Crippen LogP) is 3.78. The lowest BCUT2D eigenvalue weighted by atomic mass is 10.1. The molecule has 0 amide bonds. The van der Waals surface area contributed by atoms with Crippen molar-refractivity contribution in [2.45, 2.75) is 6.92 Å². The Bertz CT molecular complexity index is 1240. The van der Waals surface area contributed by atoms with E-state index in [1.165, 1.54) is 0 Å². The molecule has 0 bridgehead atoms. The quantitative estimate of drug-likeness (QED) is 0.514. The predicted molar refractivity (Wildman–Crippen MR) is 103 cm³/mol. The fourth-order valence-electron chi connectivity index (χ4n) is 3.07. The second-order valence-electron chi connectivity index (χ2n) is 6.24. The number of hydrogen-bond donors (Lipinski definition) is 2. The normalized spacial score (nSPS) is 11.1. The summed E-state index contributed by atoms with van der Waals surface area (Å²) in [5.41, 5.74) is 7.75. The standard InChI is InChI=1S/C20H15N7/c1-12-3-2-4-16(26-12)19-20(23-11-22-19)17-6-5-15-18(27-17)7-13(8-21-15)14-9-24-25-10-14/h2-11H,1H3,(H,22,23)(H,24,25). The van der Waals surface area contributed by atoms with Gasteiger partial charge in [-0.25, -0.2) is 9.97 Å². The molecular weight excluding hydrogens is 338 g/mol. The third-order valence-electron chi connectivity index (χ3n) is 4.40. The van der Waals surface area contributed by atoms with Crippen LogP contribution in [0, 0.1) is 6.92 Å². The van der Waals surface area contributed by atoms with Crippen LogP contribution in [0.3, 0.4) is 0 Å². The third kappa shape index (κ3) is 2.75. The zero-order chi connectivity index (χ0) is 18.2. The monoisotopic (exact) mass is 353 g/mol. The SMILES string of the molecule is Cc1cccc(-c2[nH]cnc2-c2ccc3ncc(-c4cn[nH]c4)cc3n2)n1. The second-order valence-corrected chi connectivity index (χ2v) is 6.24. The van der Waals surface area contributed by atoms with Crippen LogP contribution in [0.2, 0.25) is 0 Å². The van der Waals surface area contributed by atoms with Gasteiger partial charge in [-0.3, -0.25) is 15.1 Å². The van der Waals surface area contributed by atoms with Gasteiger partial charge in [0.05, 0.1) is 40.6 Å². The Labute approximate surface area is 154 Å². The van der Waals surface area contributed by atoms with Gasteiger partial charge in [-0.1, -0.05) is 6.07 Å². The molecule has 0 spiro atoms. The first-order chi connectivity index (χ1) is 13.3. The van der Waals surface area contributed by atoms with E-state index in [1.54, 1.807) is 12.5 Å². The molecule has 0 radical (unpaired) electrons. The zero-order valence-electron chi connectivity index (χ0n) is 14.5. The summed E-state index contributed by atoms with van der Waals surface area (Å²) in [4.78, 5) is 21.6. The first kappa shape index (κ1) is 15.4. The van der Waals surface area contributed by atoms with Gasteiger partial charge in [0.15, 0.2) is 0 Å². The van der Waals surface area contributed by atoms with E-state index >= 15 is 0 Å². The van der Waals surface area contributed by atoms with Crippen molar-refractivity contribution in [1.29, 1.82) is 0 Å². The largest absolute Gasteiger partial charge is 0.343 e. The Balaban J connectivity index is 1.63. The lowest BCUT2D eigenvalue weighted by molar-refractivity contribution is 1.09. The summed E-state index contributed by atoms with van der Waals surface area (Å²) in [6.45, 7) is 1.97. The van der Waals surface area contributed by atoms with Gasteiger partial charge in [0, 0.05) is 29.2 Å². The molecule has 5 rings (SSSR count). The van der Waals surface area contributed by atoms with Crippen LogP contribution in [0.15, 0.2) is 61.3 Å². The summed E-state index contributed by atoms with van der Waals surface area (Å²) >= 11 is 0. The van der Waals surface area contributed by atoms with E-state index in [9.17, 15) is 0 Å². The average Bonchev–Trinajstić information content (AvgIpc) is 3.39. The number of hydrogen-bond acceptors (Lipinski definition) is 5. The molecule has 5 aromatic heterocycles. The molecule has 0 aliphatic heterocycles. The van der Waals surface area contributed by atoms with Gasteiger partial charge in [0.25, 0.3) is 0 Å². The van der Waals surface area contributed by atoms with Crippen molar-refractivity contribution in [1.82, 2.24) is 35.1 Å². The molecule has 5 heterocycles. The summed E-state index contributed by atoms with van der Waals surface area (Å²) in [6, 6.07) is 11.8. The number of aromatic amines is 2. The molecule has 0 aromatic carbocycles. The Morgan fingerprint density at radius 1 is 0.852 bits per heavy atom. The number of aromatic nitrogens is 7. The number of imidazole rings is 1. The maximum absolute atomic E-state index is 4.79. The van der Waals surface area contributed by atoms with Gasteiger partial charge in [-0.05, 0) is 37.3 Å². The highest BCUT2D eigenvalue weighted by atomic mass is 15.1. The van der Waals surface area contributed by atoms with Gasteiger partial charge in [-0.15, -0.1) is 0 Å². The lowest BCUT2D eigenvalue weighted by Crippen LogP contribution is -1.92. The van der Waals surface area contributed by atoms with Crippen molar-refractivity contribution < 1.29 is 0 Å². The molecule has 7 nitrogen and oxygen atoms in total. The maximum Gasteiger partial charge on any atom is 0.116 e. The highest BCUT2D eigenvalue weighted by Gasteiger charge is 2.14. The third-order valence-corrected chi connectivity index (χ3v) is 4.40. The molecule has 130 valence electrons. The molecular formula is C20H15N7. The molecule has 27 heavy (non-hydrogen) atoms. The minimum atomic E-state index is 0.767. The zero-order valence-corrected chi connectivity index (χ0v) is 14.5. The Morgan fingerprint density at radius 2 is 1.81 bits per heavy atom. The first-order valence-electron chi connectivity index (χ1n) is 8.52. The summed E-state index contributed by atoms with van der Waals surface area (Å²) < 4.78 is 0. The molecule has 0 fully saturated rings. The van der Waals surface area contributed by atoms with E-state index in [1.807, 2.05) is 55.7 Å². The van der Waals surface area contributed by atoms with E-state index in [-0.39, 0.29) is 0 Å². The summed E-state index contributed by atoms with van der Waals surface area (Å²) in [5, 5.41) is 6.82. The number of nitrogens with one attached hydrogen (secondary N) is 2. The van der Waals surface area contributed by atoms with Crippen LogP contribution in [0.4, 0.5) is 0 Å². The molecule has 7 heteroatoms. The van der Waals surface area contributed by atoms with Crippen LogP contribution in [-0.2, 0) is 0 Å². The summed E-state index contributed by atoms with van der Waals surface area (Å²) in [5.74, 6) is 0. The fraction of sp³-hybridized carbons (Fsp3) is 0.0500. The molecule has 0 atom stereocenters. The topological polar surface area (TPSA) is 96.0 Å². The number of nitrogens with zero attached hydrogens (tertiary/aromatic N) is 5. The highest BCUT2D eigenvalue weighted by molar-refractivity contribution is 5.84. The van der Waals surface area contributed by atoms with Crippen LogP contribution < -0.4 is 0 Å². The van der Waals surface area contributed by atoms with Crippen molar-refractivity contribution >= 4 is 11.0 Å². The Morgan fingerprint density at radius 3 is 2.67 bits per heavy atom. The van der Waals surface area contributed by atoms with Crippen LogP contribution >= 0.6 is 0 Å². The first-order valence-corrected chi connectivity index (χ1v) is 8.52. The highest BCUT2D eigenvalue weighted by Crippen LogP contribution is 2.28. The number of pyridine rings is 3. The van der Waals surface area contributed by atoms with Gasteiger partial charge < -0.3 is 4.98 Å². The molecule has 0 aliphatic rings. The Kier molecular flexibility index (Phi) is 3.50. The molecule has 0 saturated heterocycles. The molecule has 5 aromatic rings. The molecule has 2 N–H and O–H groups in total. The van der Waals surface area contributed by atoms with Gasteiger partial charge in [-0.2, -0.15) is 5.10 Å². The van der Waals surface area contributed by atoms with Crippen molar-refractivity contribution in [3.05, 3.63) is 67.0 Å². The van der Waals surface area contributed by atoms with E-state index < -0.39 is 0 Å². The molecule has 0 unspecified atom stereocenters. The van der Waals surface area contributed by atoms with Crippen molar-refractivity contribution in [2.24, 2.45) is 0 Å². The second kappa shape index (κ2) is 6.14. The van der Waals surface area contributed by atoms with Crippen LogP contribution in [-0.4, -0.2) is 35.1 Å². The van der Waals surface area contributed by atoms with Crippen molar-refractivity contribution in [3.63, 3.8) is 0 Å². The lowest BCUT2D eigenvalue weighted by Gasteiger charge is -2.05. The number of rotatable bonds is 3. The van der Waals surface area contributed by atoms with Crippen molar-refractivity contribution in [3.8, 4) is 33.9 Å². The molecule has 0 aliphatic carbocycles. The minimum absolute atomic E-state index is 0.767. The van der Waals surface area contributed by atoms with Gasteiger partial charge in [0.1, 0.15) is 5.69 Å². The van der Waals surface area contributed by atoms with E-state index in [0.717, 1.165) is 50.6 Å². The number of H-pyrrole nitrogens is 2. The summed E-state index contributed by atoms with van der Waals surface area (Å²) in [6.07, 6.45) is 7.09. The Hall–Kier alpha value is -3.87. The van der Waals surface area contributed by atoms with E-state index in [0.29, 0.717) is 0 Å². The van der Waals surface area contributed by atoms with Gasteiger partial charge >= 0.3 is 0 Å². The fourth-order valence-corrected chi connectivity index (χ4v) is 3.07. The van der Waals surface area contributed by atoms with Crippen LogP contribution in [0.1, 0.15) is 5.69 Å². The van der Waals surface area contributed by atoms with Crippen LogP contribution in [0.5, 0.6) is 0 Å². The minimum Gasteiger partial charge on any atom is -0.343 e. The van der Waals surface area contributed by atoms with E-state index in [2.05, 4.69) is 30.1 Å². The van der Waals surface area contributed by atoms with Crippen LogP contribution in [0.25, 0.3) is 44.9 Å². The van der Waals surface area contributed by atoms with Crippen molar-refractivity contribution in [2.75, 3.05) is 0 Å². The average molecular weight is 353 g/mol. The maximum atomic E-state index is 4.79. The number of aryl methyl sites for hydroxylation is 1. The molecule has 0 saturated carbocycles. The van der Waals surface area contributed by atoms with E-state index in [4.69, 9.17) is 4.98 Å².